The van der Waals surface area contributed by atoms with Crippen molar-refractivity contribution in [3.63, 3.8) is 0 Å². The van der Waals surface area contributed by atoms with Crippen molar-refractivity contribution in [2.75, 3.05) is 23.8 Å². The molecule has 0 unspecified atom stereocenters. The largest absolute Gasteiger partial charge is 0.464 e. The first-order valence-corrected chi connectivity index (χ1v) is 8.47. The molecule has 148 valence electrons. The average Bonchev–Trinajstić information content (AvgIpc) is 3.15. The number of alkyl halides is 3. The van der Waals surface area contributed by atoms with Crippen molar-refractivity contribution in [2.24, 2.45) is 0 Å². The lowest BCUT2D eigenvalue weighted by Gasteiger charge is -2.12. The second kappa shape index (κ2) is 8.55. The van der Waals surface area contributed by atoms with Crippen LogP contribution in [0.5, 0.6) is 6.01 Å². The van der Waals surface area contributed by atoms with Gasteiger partial charge < -0.3 is 19.9 Å². The van der Waals surface area contributed by atoms with Gasteiger partial charge in [0.15, 0.2) is 0 Å². The van der Waals surface area contributed by atoms with Crippen LogP contribution in [0.1, 0.15) is 12.5 Å². The quantitative estimate of drug-likeness (QED) is 0.607. The number of anilines is 3. The molecule has 0 spiro atoms. The van der Waals surface area contributed by atoms with Crippen molar-refractivity contribution in [3.8, 4) is 6.01 Å². The highest BCUT2D eigenvalue weighted by atomic mass is 19.4. The van der Waals surface area contributed by atoms with Crippen molar-refractivity contribution in [3.05, 3.63) is 48.5 Å². The first-order chi connectivity index (χ1) is 13.4. The van der Waals surface area contributed by atoms with E-state index in [4.69, 9.17) is 4.74 Å². The maximum Gasteiger partial charge on any atom is 0.416 e. The topological polar surface area (TPSA) is 89.8 Å². The highest BCUT2D eigenvalue weighted by Crippen LogP contribution is 2.31. The average molecular weight is 393 g/mol. The van der Waals surface area contributed by atoms with E-state index < -0.39 is 11.7 Å². The van der Waals surface area contributed by atoms with Gasteiger partial charge in [0, 0.05) is 31.2 Å². The van der Waals surface area contributed by atoms with Gasteiger partial charge in [-0.2, -0.15) is 28.1 Å². The van der Waals surface area contributed by atoms with Crippen molar-refractivity contribution in [1.29, 1.82) is 0 Å². The van der Waals surface area contributed by atoms with Crippen molar-refractivity contribution >= 4 is 17.6 Å². The predicted molar refractivity (Wildman–Crippen MR) is 96.4 cm³/mol. The third-order valence-electron chi connectivity index (χ3n) is 3.55. The van der Waals surface area contributed by atoms with Gasteiger partial charge in [0.25, 0.3) is 0 Å². The van der Waals surface area contributed by atoms with Crippen LogP contribution in [0.3, 0.4) is 0 Å². The van der Waals surface area contributed by atoms with E-state index in [1.807, 2.05) is 10.8 Å². The van der Waals surface area contributed by atoms with E-state index in [9.17, 15) is 13.2 Å². The van der Waals surface area contributed by atoms with E-state index >= 15 is 0 Å². The molecule has 0 saturated carbocycles. The zero-order valence-corrected chi connectivity index (χ0v) is 14.9. The first kappa shape index (κ1) is 19.4. The summed E-state index contributed by atoms with van der Waals surface area (Å²) in [7, 11) is 0. The van der Waals surface area contributed by atoms with Gasteiger partial charge in [-0.05, 0) is 25.1 Å². The van der Waals surface area contributed by atoms with Gasteiger partial charge in [-0.25, -0.2) is 4.98 Å². The molecule has 1 aromatic carbocycles. The Morgan fingerprint density at radius 3 is 2.68 bits per heavy atom. The summed E-state index contributed by atoms with van der Waals surface area (Å²) in [6.07, 6.45) is 0.739. The van der Waals surface area contributed by atoms with Gasteiger partial charge in [-0.3, -0.25) is 0 Å². The zero-order valence-electron chi connectivity index (χ0n) is 14.9. The van der Waals surface area contributed by atoms with Crippen LogP contribution in [0.15, 0.2) is 43.0 Å². The molecular weight excluding hydrogens is 375 g/mol. The second-order valence-corrected chi connectivity index (χ2v) is 5.63. The van der Waals surface area contributed by atoms with Crippen LogP contribution in [-0.4, -0.2) is 37.7 Å². The number of imidazole rings is 1. The molecule has 2 heterocycles. The predicted octanol–water partition coefficient (Wildman–Crippen LogP) is 3.34. The zero-order chi connectivity index (χ0) is 20.0. The molecule has 2 N–H and O–H groups in total. The molecule has 28 heavy (non-hydrogen) atoms. The minimum absolute atomic E-state index is 0.0668. The van der Waals surface area contributed by atoms with Crippen molar-refractivity contribution in [2.45, 2.75) is 19.6 Å². The van der Waals surface area contributed by atoms with Crippen LogP contribution in [-0.2, 0) is 12.7 Å². The summed E-state index contributed by atoms with van der Waals surface area (Å²) in [4.78, 5) is 16.4. The number of halogens is 3. The van der Waals surface area contributed by atoms with Crippen LogP contribution in [0.2, 0.25) is 0 Å². The summed E-state index contributed by atoms with van der Waals surface area (Å²) in [6, 6.07) is 4.84. The molecule has 0 aliphatic carbocycles. The Labute approximate surface area is 158 Å². The molecule has 0 aliphatic heterocycles. The molecule has 0 aliphatic rings. The lowest BCUT2D eigenvalue weighted by Crippen LogP contribution is -2.13. The highest BCUT2D eigenvalue weighted by Gasteiger charge is 2.30. The molecule has 0 fully saturated rings. The highest BCUT2D eigenvalue weighted by molar-refractivity contribution is 5.55. The van der Waals surface area contributed by atoms with Gasteiger partial charge in [-0.15, -0.1) is 0 Å². The molecule has 8 nitrogen and oxygen atoms in total. The SMILES string of the molecule is CCOc1nc(NCCn2ccnc2)nc(Nc2cccc(C(F)(F)F)c2)n1. The summed E-state index contributed by atoms with van der Waals surface area (Å²) in [5, 5.41) is 5.79. The summed E-state index contributed by atoms with van der Waals surface area (Å²) in [5.74, 6) is 0.316. The van der Waals surface area contributed by atoms with Crippen molar-refractivity contribution < 1.29 is 17.9 Å². The molecular formula is C17H18F3N7O. The van der Waals surface area contributed by atoms with Crippen LogP contribution in [0.25, 0.3) is 0 Å². The summed E-state index contributed by atoms with van der Waals surface area (Å²) in [5.41, 5.74) is -0.567. The molecule has 0 amide bonds. The maximum absolute atomic E-state index is 12.9. The Bertz CT molecular complexity index is 900. The number of nitrogens with zero attached hydrogens (tertiary/aromatic N) is 5. The van der Waals surface area contributed by atoms with E-state index in [2.05, 4.69) is 30.6 Å². The fraction of sp³-hybridized carbons (Fsp3) is 0.294. The molecule has 3 aromatic rings. The molecule has 0 saturated heterocycles. The molecule has 2 aromatic heterocycles. The third-order valence-corrected chi connectivity index (χ3v) is 3.55. The molecule has 0 radical (unpaired) electrons. The number of aromatic nitrogens is 5. The number of hydrogen-bond donors (Lipinski definition) is 2. The first-order valence-electron chi connectivity index (χ1n) is 8.47. The summed E-state index contributed by atoms with van der Waals surface area (Å²) in [6.45, 7) is 3.25. The van der Waals surface area contributed by atoms with Gasteiger partial charge in [0.1, 0.15) is 0 Å². The van der Waals surface area contributed by atoms with E-state index in [0.29, 0.717) is 19.7 Å². The second-order valence-electron chi connectivity index (χ2n) is 5.63. The lowest BCUT2D eigenvalue weighted by atomic mass is 10.2. The number of hydrogen-bond acceptors (Lipinski definition) is 7. The van der Waals surface area contributed by atoms with Crippen LogP contribution in [0, 0.1) is 0 Å². The number of ether oxygens (including phenoxy) is 1. The monoisotopic (exact) mass is 393 g/mol. The molecule has 11 heteroatoms. The summed E-state index contributed by atoms with van der Waals surface area (Å²) < 4.78 is 45.8. The Balaban J connectivity index is 1.75. The normalized spacial score (nSPS) is 11.3. The minimum atomic E-state index is -4.44. The fourth-order valence-electron chi connectivity index (χ4n) is 2.30. The number of benzene rings is 1. The van der Waals surface area contributed by atoms with E-state index in [1.54, 1.807) is 19.4 Å². The summed E-state index contributed by atoms with van der Waals surface area (Å²) >= 11 is 0. The minimum Gasteiger partial charge on any atom is -0.464 e. The Morgan fingerprint density at radius 1 is 1.14 bits per heavy atom. The van der Waals surface area contributed by atoms with Crippen molar-refractivity contribution in [1.82, 2.24) is 24.5 Å². The van der Waals surface area contributed by atoms with Crippen LogP contribution < -0.4 is 15.4 Å². The molecule has 3 rings (SSSR count). The van der Waals surface area contributed by atoms with Gasteiger partial charge in [-0.1, -0.05) is 6.07 Å². The molecule has 0 bridgehead atoms. The standard InChI is InChI=1S/C17H18F3N7O/c1-2-28-16-25-14(22-7-9-27-8-6-21-11-27)24-15(26-16)23-13-5-3-4-12(10-13)17(18,19)20/h3-6,8,10-11H,2,7,9H2,1H3,(H2,22,23,24,25,26). The van der Waals surface area contributed by atoms with E-state index in [1.165, 1.54) is 12.1 Å². The Morgan fingerprint density at radius 2 is 1.96 bits per heavy atom. The Kier molecular flexibility index (Phi) is 5.92. The third kappa shape index (κ3) is 5.32. The van der Waals surface area contributed by atoms with Gasteiger partial charge in [0.05, 0.1) is 18.5 Å². The van der Waals surface area contributed by atoms with Gasteiger partial charge in [0.2, 0.25) is 11.9 Å². The van der Waals surface area contributed by atoms with Crippen LogP contribution in [0.4, 0.5) is 30.8 Å². The number of rotatable bonds is 8. The van der Waals surface area contributed by atoms with Gasteiger partial charge >= 0.3 is 12.2 Å². The Hall–Kier alpha value is -3.37. The maximum atomic E-state index is 12.9. The van der Waals surface area contributed by atoms with E-state index in [0.717, 1.165) is 12.1 Å². The number of nitrogens with one attached hydrogen (secondary N) is 2. The fourth-order valence-corrected chi connectivity index (χ4v) is 2.30. The smallest absolute Gasteiger partial charge is 0.416 e. The van der Waals surface area contributed by atoms with E-state index in [-0.39, 0.29) is 23.6 Å². The van der Waals surface area contributed by atoms with Crippen LogP contribution >= 0.6 is 0 Å². The molecule has 0 atom stereocenters. The lowest BCUT2D eigenvalue weighted by molar-refractivity contribution is -0.137.